The number of aliphatic carboxylic acids is 1. The van der Waals surface area contributed by atoms with E-state index in [1.54, 1.807) is 6.07 Å². The predicted octanol–water partition coefficient (Wildman–Crippen LogP) is 1.96. The number of amides is 1. The topological polar surface area (TPSA) is 79.3 Å². The van der Waals surface area contributed by atoms with Gasteiger partial charge in [-0.25, -0.2) is 4.98 Å². The van der Waals surface area contributed by atoms with Crippen LogP contribution >= 0.6 is 15.9 Å². The molecule has 5 nitrogen and oxygen atoms in total. The van der Waals surface area contributed by atoms with Crippen LogP contribution in [0.4, 0.5) is 5.69 Å². The third kappa shape index (κ3) is 3.98. The van der Waals surface area contributed by atoms with Crippen molar-refractivity contribution in [3.05, 3.63) is 22.4 Å². The largest absolute Gasteiger partial charge is 0.481 e. The Kier molecular flexibility index (Phi) is 4.42. The average Bonchev–Trinajstić information content (AvgIpc) is 2.21. The second kappa shape index (κ2) is 5.60. The number of rotatable bonds is 4. The number of aryl methyl sites for hydroxylation is 1. The normalized spacial score (nSPS) is 9.88. The number of nitrogens with zero attached hydrogens (tertiary/aromatic N) is 1. The maximum atomic E-state index is 11.3. The zero-order valence-electron chi connectivity index (χ0n) is 8.66. The fourth-order valence-corrected chi connectivity index (χ4v) is 1.29. The van der Waals surface area contributed by atoms with Crippen LogP contribution in [0.3, 0.4) is 0 Å². The van der Waals surface area contributed by atoms with Gasteiger partial charge in [0.05, 0.1) is 18.3 Å². The first-order valence-corrected chi connectivity index (χ1v) is 5.42. The second-order valence-electron chi connectivity index (χ2n) is 3.27. The minimum absolute atomic E-state index is 0.0373. The molecule has 0 saturated carbocycles. The molecule has 0 aliphatic rings. The molecule has 0 aliphatic heterocycles. The van der Waals surface area contributed by atoms with Gasteiger partial charge in [-0.2, -0.15) is 0 Å². The van der Waals surface area contributed by atoms with Gasteiger partial charge in [0.2, 0.25) is 5.91 Å². The Morgan fingerprint density at radius 2 is 2.19 bits per heavy atom. The number of carboxylic acid groups (broad SMARTS) is 1. The summed E-state index contributed by atoms with van der Waals surface area (Å²) in [4.78, 5) is 25.6. The van der Waals surface area contributed by atoms with Gasteiger partial charge in [0.25, 0.3) is 0 Å². The summed E-state index contributed by atoms with van der Waals surface area (Å²) < 4.78 is 0.719. The Labute approximate surface area is 101 Å². The van der Waals surface area contributed by atoms with Gasteiger partial charge in [-0.05, 0) is 34.5 Å². The molecule has 0 atom stereocenters. The standard InChI is InChI=1S/C10H11BrN2O3/c1-6-4-7(5-12-10(6)11)13-8(14)2-3-9(15)16/h4-5H,2-3H2,1H3,(H,13,14)(H,15,16). The molecule has 0 radical (unpaired) electrons. The summed E-state index contributed by atoms with van der Waals surface area (Å²) in [6, 6.07) is 1.76. The van der Waals surface area contributed by atoms with Crippen LogP contribution in [0.5, 0.6) is 0 Å². The van der Waals surface area contributed by atoms with Crippen LogP contribution in [0.1, 0.15) is 18.4 Å². The maximum Gasteiger partial charge on any atom is 0.303 e. The Balaban J connectivity index is 2.56. The molecule has 1 aromatic heterocycles. The monoisotopic (exact) mass is 286 g/mol. The van der Waals surface area contributed by atoms with Crippen LogP contribution in [0.2, 0.25) is 0 Å². The van der Waals surface area contributed by atoms with E-state index in [-0.39, 0.29) is 18.7 Å². The number of aromatic nitrogens is 1. The summed E-state index contributed by atoms with van der Waals surface area (Å²) in [5, 5.41) is 11.0. The molecular formula is C10H11BrN2O3. The number of hydrogen-bond acceptors (Lipinski definition) is 3. The number of hydrogen-bond donors (Lipinski definition) is 2. The predicted molar refractivity (Wildman–Crippen MR) is 62.2 cm³/mol. The van der Waals surface area contributed by atoms with Crippen LogP contribution in [0.15, 0.2) is 16.9 Å². The molecule has 0 bridgehead atoms. The Bertz CT molecular complexity index is 421. The van der Waals surface area contributed by atoms with Gasteiger partial charge in [-0.3, -0.25) is 9.59 Å². The van der Waals surface area contributed by atoms with Crippen molar-refractivity contribution < 1.29 is 14.7 Å². The lowest BCUT2D eigenvalue weighted by Gasteiger charge is -2.05. The number of pyridine rings is 1. The summed E-state index contributed by atoms with van der Waals surface area (Å²) in [5.74, 6) is -1.31. The van der Waals surface area contributed by atoms with E-state index < -0.39 is 5.97 Å². The van der Waals surface area contributed by atoms with Crippen LogP contribution in [-0.2, 0) is 9.59 Å². The molecule has 1 aromatic rings. The highest BCUT2D eigenvalue weighted by atomic mass is 79.9. The molecule has 1 amide bonds. The lowest BCUT2D eigenvalue weighted by atomic mass is 10.2. The molecular weight excluding hydrogens is 276 g/mol. The Morgan fingerprint density at radius 1 is 1.50 bits per heavy atom. The molecule has 86 valence electrons. The third-order valence-electron chi connectivity index (χ3n) is 1.86. The van der Waals surface area contributed by atoms with Gasteiger partial charge in [0, 0.05) is 6.42 Å². The van der Waals surface area contributed by atoms with E-state index in [4.69, 9.17) is 5.11 Å². The van der Waals surface area contributed by atoms with Crippen molar-refractivity contribution in [2.75, 3.05) is 5.32 Å². The van der Waals surface area contributed by atoms with Crippen molar-refractivity contribution in [1.29, 1.82) is 0 Å². The molecule has 0 unspecified atom stereocenters. The molecule has 6 heteroatoms. The van der Waals surface area contributed by atoms with Crippen LogP contribution in [0, 0.1) is 6.92 Å². The minimum atomic E-state index is -0.986. The summed E-state index contributed by atoms with van der Waals surface area (Å²) in [6.07, 6.45) is 1.30. The number of carbonyl (C=O) groups is 2. The van der Waals surface area contributed by atoms with Gasteiger partial charge in [-0.1, -0.05) is 0 Å². The molecule has 0 spiro atoms. The fourth-order valence-electron chi connectivity index (χ4n) is 1.07. The van der Waals surface area contributed by atoms with E-state index in [1.807, 2.05) is 6.92 Å². The number of carboxylic acids is 1. The molecule has 1 rings (SSSR count). The molecule has 0 aliphatic carbocycles. The van der Waals surface area contributed by atoms with Gasteiger partial charge >= 0.3 is 5.97 Å². The first-order valence-electron chi connectivity index (χ1n) is 4.63. The van der Waals surface area contributed by atoms with Crippen molar-refractivity contribution in [2.24, 2.45) is 0 Å². The summed E-state index contributed by atoms with van der Waals surface area (Å²) in [6.45, 7) is 1.85. The van der Waals surface area contributed by atoms with E-state index in [0.29, 0.717) is 5.69 Å². The summed E-state index contributed by atoms with van der Waals surface area (Å²) in [7, 11) is 0. The van der Waals surface area contributed by atoms with Gasteiger partial charge in [0.15, 0.2) is 0 Å². The number of carbonyl (C=O) groups excluding carboxylic acids is 1. The summed E-state index contributed by atoms with van der Waals surface area (Å²) in [5.41, 5.74) is 1.46. The molecule has 0 saturated heterocycles. The lowest BCUT2D eigenvalue weighted by molar-refractivity contribution is -0.138. The average molecular weight is 287 g/mol. The molecule has 2 N–H and O–H groups in total. The Hall–Kier alpha value is -1.43. The zero-order valence-corrected chi connectivity index (χ0v) is 10.2. The highest BCUT2D eigenvalue weighted by molar-refractivity contribution is 9.10. The van der Waals surface area contributed by atoms with E-state index in [2.05, 4.69) is 26.2 Å². The maximum absolute atomic E-state index is 11.3. The van der Waals surface area contributed by atoms with Crippen molar-refractivity contribution in [3.8, 4) is 0 Å². The van der Waals surface area contributed by atoms with E-state index >= 15 is 0 Å². The van der Waals surface area contributed by atoms with E-state index in [0.717, 1.165) is 10.2 Å². The third-order valence-corrected chi connectivity index (χ3v) is 2.69. The minimum Gasteiger partial charge on any atom is -0.481 e. The highest BCUT2D eigenvalue weighted by Gasteiger charge is 2.06. The van der Waals surface area contributed by atoms with Crippen molar-refractivity contribution in [3.63, 3.8) is 0 Å². The van der Waals surface area contributed by atoms with Crippen LogP contribution in [-0.4, -0.2) is 22.0 Å². The zero-order chi connectivity index (χ0) is 12.1. The SMILES string of the molecule is Cc1cc(NC(=O)CCC(=O)O)cnc1Br. The van der Waals surface area contributed by atoms with Crippen molar-refractivity contribution in [2.45, 2.75) is 19.8 Å². The molecule has 0 fully saturated rings. The van der Waals surface area contributed by atoms with Crippen molar-refractivity contribution in [1.82, 2.24) is 4.98 Å². The van der Waals surface area contributed by atoms with E-state index in [9.17, 15) is 9.59 Å². The molecule has 1 heterocycles. The van der Waals surface area contributed by atoms with Crippen LogP contribution in [0.25, 0.3) is 0 Å². The second-order valence-corrected chi connectivity index (χ2v) is 4.02. The van der Waals surface area contributed by atoms with E-state index in [1.165, 1.54) is 6.20 Å². The van der Waals surface area contributed by atoms with Crippen molar-refractivity contribution >= 4 is 33.5 Å². The molecule has 16 heavy (non-hydrogen) atoms. The van der Waals surface area contributed by atoms with Gasteiger partial charge in [0.1, 0.15) is 4.60 Å². The first kappa shape index (κ1) is 12.6. The Morgan fingerprint density at radius 3 is 2.75 bits per heavy atom. The number of halogens is 1. The fraction of sp³-hybridized carbons (Fsp3) is 0.300. The quantitative estimate of drug-likeness (QED) is 0.830. The smallest absolute Gasteiger partial charge is 0.303 e. The summed E-state index contributed by atoms with van der Waals surface area (Å²) >= 11 is 3.24. The molecule has 0 aromatic carbocycles. The highest BCUT2D eigenvalue weighted by Crippen LogP contribution is 2.16. The first-order chi connectivity index (χ1) is 7.49. The number of nitrogens with one attached hydrogen (secondary N) is 1. The van der Waals surface area contributed by atoms with Gasteiger partial charge in [-0.15, -0.1) is 0 Å². The lowest BCUT2D eigenvalue weighted by Crippen LogP contribution is -2.13. The number of anilines is 1. The van der Waals surface area contributed by atoms with Crippen LogP contribution < -0.4 is 5.32 Å². The van der Waals surface area contributed by atoms with Gasteiger partial charge < -0.3 is 10.4 Å².